The van der Waals surface area contributed by atoms with Gasteiger partial charge in [-0.25, -0.2) is 14.4 Å². The normalized spacial score (nSPS) is 18.5. The molecular formula is C22H30N2O6. The average molecular weight is 418 g/mol. The highest BCUT2D eigenvalue weighted by Crippen LogP contribution is 2.27. The summed E-state index contributed by atoms with van der Waals surface area (Å²) in [5.74, 6) is -0.558. The number of likely N-dealkylation sites (tertiary alicyclic amines) is 1. The van der Waals surface area contributed by atoms with E-state index in [4.69, 9.17) is 14.2 Å². The van der Waals surface area contributed by atoms with Crippen molar-refractivity contribution in [2.45, 2.75) is 51.4 Å². The van der Waals surface area contributed by atoms with Crippen LogP contribution in [0.2, 0.25) is 0 Å². The second-order valence-corrected chi connectivity index (χ2v) is 8.04. The van der Waals surface area contributed by atoms with E-state index in [1.807, 2.05) is 30.3 Å². The molecule has 2 amide bonds. The van der Waals surface area contributed by atoms with Crippen LogP contribution in [0.4, 0.5) is 9.59 Å². The fourth-order valence-corrected chi connectivity index (χ4v) is 3.26. The molecule has 1 aromatic carbocycles. The summed E-state index contributed by atoms with van der Waals surface area (Å²) in [7, 11) is 1.26. The highest BCUT2D eigenvalue weighted by Gasteiger charge is 2.45. The predicted octanol–water partition coefficient (Wildman–Crippen LogP) is 3.36. The molecule has 0 saturated carbocycles. The van der Waals surface area contributed by atoms with Crippen LogP contribution < -0.4 is 0 Å². The summed E-state index contributed by atoms with van der Waals surface area (Å²) in [6.07, 6.45) is 0.501. The van der Waals surface area contributed by atoms with Gasteiger partial charge in [0.15, 0.2) is 0 Å². The number of hydrogen-bond acceptors (Lipinski definition) is 6. The second kappa shape index (κ2) is 10.1. The lowest BCUT2D eigenvalue weighted by Crippen LogP contribution is -2.45. The molecule has 1 aromatic rings. The molecule has 1 aliphatic heterocycles. The summed E-state index contributed by atoms with van der Waals surface area (Å²) in [5.41, 5.74) is 0.222. The van der Waals surface area contributed by atoms with Crippen LogP contribution in [0.3, 0.4) is 0 Å². The van der Waals surface area contributed by atoms with Gasteiger partial charge in [-0.2, -0.15) is 0 Å². The lowest BCUT2D eigenvalue weighted by atomic mass is 10.1. The van der Waals surface area contributed by atoms with Crippen LogP contribution in [-0.4, -0.2) is 65.9 Å². The van der Waals surface area contributed by atoms with Crippen molar-refractivity contribution in [2.24, 2.45) is 0 Å². The third-order valence-electron chi connectivity index (χ3n) is 4.58. The summed E-state index contributed by atoms with van der Waals surface area (Å²) in [6.45, 7) is 9.31. The van der Waals surface area contributed by atoms with Gasteiger partial charge in [0.1, 0.15) is 18.2 Å². The Morgan fingerprint density at radius 1 is 1.23 bits per heavy atom. The standard InChI is InChI=1S/C22H30N2O6/c1-6-12-29-20(26)24-15-17(13-18(24)19(25)28-5)23(21(27)30-22(2,3)4)14-16-10-8-7-9-11-16/h6-11,17-18H,1,12-15H2,2-5H3/t17-,18+/m1/s1. The smallest absolute Gasteiger partial charge is 0.410 e. The largest absolute Gasteiger partial charge is 0.467 e. The van der Waals surface area contributed by atoms with Crippen LogP contribution in [0, 0.1) is 0 Å². The van der Waals surface area contributed by atoms with E-state index in [9.17, 15) is 14.4 Å². The van der Waals surface area contributed by atoms with Crippen LogP contribution in [0.15, 0.2) is 43.0 Å². The lowest BCUT2D eigenvalue weighted by molar-refractivity contribution is -0.145. The molecule has 0 bridgehead atoms. The van der Waals surface area contributed by atoms with Crippen molar-refractivity contribution in [3.8, 4) is 0 Å². The molecule has 0 aromatic heterocycles. The highest BCUT2D eigenvalue weighted by atomic mass is 16.6. The van der Waals surface area contributed by atoms with Crippen LogP contribution in [0.1, 0.15) is 32.8 Å². The molecule has 8 heteroatoms. The molecule has 1 fully saturated rings. The number of carbonyl (C=O) groups excluding carboxylic acids is 3. The van der Waals surface area contributed by atoms with Crippen molar-refractivity contribution >= 4 is 18.2 Å². The van der Waals surface area contributed by atoms with Gasteiger partial charge in [-0.1, -0.05) is 43.0 Å². The average Bonchev–Trinajstić information content (AvgIpc) is 3.14. The molecule has 0 aliphatic carbocycles. The maximum atomic E-state index is 13.0. The molecule has 1 saturated heterocycles. The summed E-state index contributed by atoms with van der Waals surface area (Å²) < 4.78 is 15.6. The maximum absolute atomic E-state index is 13.0. The van der Waals surface area contributed by atoms with E-state index in [1.165, 1.54) is 18.1 Å². The van der Waals surface area contributed by atoms with Crippen molar-refractivity contribution in [1.82, 2.24) is 9.80 Å². The number of benzene rings is 1. The van der Waals surface area contributed by atoms with Crippen molar-refractivity contribution < 1.29 is 28.6 Å². The lowest BCUT2D eigenvalue weighted by Gasteiger charge is -2.31. The van der Waals surface area contributed by atoms with E-state index < -0.39 is 35.8 Å². The molecule has 0 N–H and O–H groups in total. The molecule has 1 heterocycles. The van der Waals surface area contributed by atoms with Crippen molar-refractivity contribution in [3.63, 3.8) is 0 Å². The highest BCUT2D eigenvalue weighted by molar-refractivity contribution is 5.82. The first-order chi connectivity index (χ1) is 14.2. The van der Waals surface area contributed by atoms with Gasteiger partial charge in [0.25, 0.3) is 0 Å². The monoisotopic (exact) mass is 418 g/mol. The molecule has 30 heavy (non-hydrogen) atoms. The summed E-state index contributed by atoms with van der Waals surface area (Å²) in [4.78, 5) is 40.6. The van der Waals surface area contributed by atoms with E-state index >= 15 is 0 Å². The second-order valence-electron chi connectivity index (χ2n) is 8.04. The quantitative estimate of drug-likeness (QED) is 0.400. The molecule has 2 rings (SSSR count). The first kappa shape index (κ1) is 23.3. The van der Waals surface area contributed by atoms with Gasteiger partial charge in [-0.3, -0.25) is 9.80 Å². The van der Waals surface area contributed by atoms with Gasteiger partial charge < -0.3 is 14.2 Å². The molecule has 0 spiro atoms. The fraction of sp³-hybridized carbons (Fsp3) is 0.500. The minimum absolute atomic E-state index is 0.0215. The Morgan fingerprint density at radius 2 is 1.90 bits per heavy atom. The Labute approximate surface area is 177 Å². The first-order valence-electron chi connectivity index (χ1n) is 9.82. The van der Waals surface area contributed by atoms with Gasteiger partial charge in [-0.15, -0.1) is 0 Å². The van der Waals surface area contributed by atoms with E-state index in [2.05, 4.69) is 6.58 Å². The molecular weight excluding hydrogens is 388 g/mol. The first-order valence-corrected chi connectivity index (χ1v) is 9.82. The Hall–Kier alpha value is -3.03. The Balaban J connectivity index is 2.29. The number of carbonyl (C=O) groups is 3. The SMILES string of the molecule is C=CCOC(=O)N1C[C@H](N(Cc2ccccc2)C(=O)OC(C)(C)C)C[C@H]1C(=O)OC. The zero-order valence-corrected chi connectivity index (χ0v) is 18.0. The van der Waals surface area contributed by atoms with Crippen molar-refractivity contribution in [1.29, 1.82) is 0 Å². The predicted molar refractivity (Wildman–Crippen MR) is 111 cm³/mol. The number of rotatable bonds is 6. The molecule has 0 radical (unpaired) electrons. The van der Waals surface area contributed by atoms with E-state index in [0.717, 1.165) is 5.56 Å². The maximum Gasteiger partial charge on any atom is 0.410 e. The molecule has 8 nitrogen and oxygen atoms in total. The topological polar surface area (TPSA) is 85.4 Å². The number of nitrogens with zero attached hydrogens (tertiary/aromatic N) is 2. The number of amides is 2. The fourth-order valence-electron chi connectivity index (χ4n) is 3.26. The summed E-state index contributed by atoms with van der Waals surface area (Å²) in [5, 5.41) is 0. The zero-order chi connectivity index (χ0) is 22.3. The Bertz CT molecular complexity index is 759. The number of methoxy groups -OCH3 is 1. The van der Waals surface area contributed by atoms with Crippen LogP contribution in [0.5, 0.6) is 0 Å². The molecule has 164 valence electrons. The zero-order valence-electron chi connectivity index (χ0n) is 18.0. The van der Waals surface area contributed by atoms with Gasteiger partial charge in [0, 0.05) is 19.5 Å². The summed E-state index contributed by atoms with van der Waals surface area (Å²) in [6, 6.07) is 8.17. The molecule has 1 aliphatic rings. The van der Waals surface area contributed by atoms with E-state index in [1.54, 1.807) is 25.7 Å². The number of hydrogen-bond donors (Lipinski definition) is 0. The summed E-state index contributed by atoms with van der Waals surface area (Å²) >= 11 is 0. The van der Waals surface area contributed by atoms with Gasteiger partial charge >= 0.3 is 18.2 Å². The Morgan fingerprint density at radius 3 is 2.47 bits per heavy atom. The van der Waals surface area contributed by atoms with Gasteiger partial charge in [0.2, 0.25) is 0 Å². The Kier molecular flexibility index (Phi) is 7.86. The minimum atomic E-state index is -0.849. The third kappa shape index (κ3) is 6.23. The third-order valence-corrected chi connectivity index (χ3v) is 4.58. The number of ether oxygens (including phenoxy) is 3. The van der Waals surface area contributed by atoms with Gasteiger partial charge in [-0.05, 0) is 26.3 Å². The molecule has 2 atom stereocenters. The molecule has 0 unspecified atom stereocenters. The van der Waals surface area contributed by atoms with E-state index in [-0.39, 0.29) is 26.1 Å². The van der Waals surface area contributed by atoms with Crippen molar-refractivity contribution in [3.05, 3.63) is 48.6 Å². The van der Waals surface area contributed by atoms with Crippen LogP contribution in [-0.2, 0) is 25.5 Å². The van der Waals surface area contributed by atoms with Crippen LogP contribution >= 0.6 is 0 Å². The van der Waals surface area contributed by atoms with Crippen LogP contribution in [0.25, 0.3) is 0 Å². The van der Waals surface area contributed by atoms with Crippen molar-refractivity contribution in [2.75, 3.05) is 20.3 Å². The minimum Gasteiger partial charge on any atom is -0.467 e. The number of esters is 1. The van der Waals surface area contributed by atoms with E-state index in [0.29, 0.717) is 0 Å². The van der Waals surface area contributed by atoms with Gasteiger partial charge in [0.05, 0.1) is 13.2 Å².